The van der Waals surface area contributed by atoms with Crippen LogP contribution in [0.1, 0.15) is 5.56 Å². The van der Waals surface area contributed by atoms with Crippen molar-refractivity contribution in [2.24, 2.45) is 10.9 Å². The van der Waals surface area contributed by atoms with Gasteiger partial charge in [0, 0.05) is 24.2 Å². The van der Waals surface area contributed by atoms with Gasteiger partial charge in [0.1, 0.15) is 5.75 Å². The molecule has 0 heterocycles. The lowest BCUT2D eigenvalue weighted by Crippen LogP contribution is -2.12. The molecule has 0 aliphatic rings. The normalized spacial score (nSPS) is 11.5. The number of oxime groups is 1. The van der Waals surface area contributed by atoms with Crippen LogP contribution in [-0.2, 0) is 4.74 Å². The molecule has 0 aliphatic heterocycles. The highest BCUT2D eigenvalue weighted by Gasteiger charge is 1.99. The molecule has 0 aromatic heterocycles. The van der Waals surface area contributed by atoms with Crippen molar-refractivity contribution in [3.63, 3.8) is 0 Å². The zero-order valence-electron chi connectivity index (χ0n) is 10.3. The summed E-state index contributed by atoms with van der Waals surface area (Å²) in [5.74, 6) is 2.77. The summed E-state index contributed by atoms with van der Waals surface area (Å²) < 4.78 is 10.5. The van der Waals surface area contributed by atoms with Gasteiger partial charge in [0.2, 0.25) is 0 Å². The molecule has 18 heavy (non-hydrogen) atoms. The number of rotatable bonds is 8. The first kappa shape index (κ1) is 14.7. The molecule has 3 N–H and O–H groups in total. The molecule has 1 rings (SSSR count). The molecule has 1 aromatic carbocycles. The quantitative estimate of drug-likeness (QED) is 0.246. The Kier molecular flexibility index (Phi) is 7.05. The van der Waals surface area contributed by atoms with Gasteiger partial charge in [-0.2, -0.15) is 11.8 Å². The highest BCUT2D eigenvalue weighted by atomic mass is 32.2. The van der Waals surface area contributed by atoms with Gasteiger partial charge in [-0.1, -0.05) is 5.16 Å². The van der Waals surface area contributed by atoms with E-state index in [1.165, 1.54) is 0 Å². The number of methoxy groups -OCH3 is 1. The van der Waals surface area contributed by atoms with Crippen molar-refractivity contribution in [3.05, 3.63) is 29.8 Å². The molecule has 0 unspecified atom stereocenters. The van der Waals surface area contributed by atoms with Gasteiger partial charge in [-0.25, -0.2) is 0 Å². The first-order chi connectivity index (χ1) is 8.77. The minimum Gasteiger partial charge on any atom is -0.493 e. The number of nitrogens with two attached hydrogens (primary N) is 1. The van der Waals surface area contributed by atoms with Gasteiger partial charge in [-0.3, -0.25) is 0 Å². The molecule has 100 valence electrons. The molecular formula is C12H18N2O3S. The van der Waals surface area contributed by atoms with Crippen molar-refractivity contribution >= 4 is 17.6 Å². The zero-order valence-corrected chi connectivity index (χ0v) is 11.2. The van der Waals surface area contributed by atoms with Crippen LogP contribution >= 0.6 is 11.8 Å². The van der Waals surface area contributed by atoms with E-state index in [1.807, 2.05) is 0 Å². The van der Waals surface area contributed by atoms with Crippen LogP contribution in [-0.4, -0.2) is 42.9 Å². The average Bonchev–Trinajstić information content (AvgIpc) is 2.42. The topological polar surface area (TPSA) is 77.1 Å². The van der Waals surface area contributed by atoms with Crippen molar-refractivity contribution in [2.45, 2.75) is 0 Å². The summed E-state index contributed by atoms with van der Waals surface area (Å²) in [6, 6.07) is 7.10. The molecule has 0 radical (unpaired) electrons. The summed E-state index contributed by atoms with van der Waals surface area (Å²) in [5.41, 5.74) is 6.12. The Morgan fingerprint density at radius 3 is 2.56 bits per heavy atom. The first-order valence-electron chi connectivity index (χ1n) is 5.55. The number of hydrogen-bond donors (Lipinski definition) is 2. The third kappa shape index (κ3) is 5.29. The maximum atomic E-state index is 8.52. The Bertz CT molecular complexity index is 368. The molecule has 0 amide bonds. The molecule has 0 bridgehead atoms. The van der Waals surface area contributed by atoms with E-state index in [1.54, 1.807) is 43.1 Å². The number of benzene rings is 1. The second-order valence-corrected chi connectivity index (χ2v) is 4.69. The Morgan fingerprint density at radius 2 is 1.94 bits per heavy atom. The Labute approximate surface area is 111 Å². The van der Waals surface area contributed by atoms with Crippen LogP contribution in [0, 0.1) is 0 Å². The van der Waals surface area contributed by atoms with Gasteiger partial charge in [-0.15, -0.1) is 0 Å². The van der Waals surface area contributed by atoms with E-state index in [4.69, 9.17) is 20.4 Å². The Hall–Kier alpha value is -1.40. The van der Waals surface area contributed by atoms with Crippen molar-refractivity contribution in [1.29, 1.82) is 0 Å². The number of nitrogens with zero attached hydrogens (tertiary/aromatic N) is 1. The summed E-state index contributed by atoms with van der Waals surface area (Å²) in [7, 11) is 1.69. The minimum atomic E-state index is 0.0941. The molecule has 6 heteroatoms. The monoisotopic (exact) mass is 270 g/mol. The van der Waals surface area contributed by atoms with Gasteiger partial charge in [-0.05, 0) is 24.3 Å². The van der Waals surface area contributed by atoms with E-state index in [0.717, 1.165) is 23.9 Å². The van der Waals surface area contributed by atoms with Gasteiger partial charge in [0.05, 0.1) is 13.2 Å². The lowest BCUT2D eigenvalue weighted by Gasteiger charge is -2.06. The van der Waals surface area contributed by atoms with E-state index in [-0.39, 0.29) is 5.84 Å². The predicted molar refractivity (Wildman–Crippen MR) is 73.6 cm³/mol. The Balaban J connectivity index is 2.27. The van der Waals surface area contributed by atoms with E-state index in [0.29, 0.717) is 12.2 Å². The molecule has 1 aromatic rings. The van der Waals surface area contributed by atoms with E-state index < -0.39 is 0 Å². The lowest BCUT2D eigenvalue weighted by atomic mass is 10.2. The fraction of sp³-hybridized carbons (Fsp3) is 0.417. The van der Waals surface area contributed by atoms with Crippen LogP contribution in [0.3, 0.4) is 0 Å². The largest absolute Gasteiger partial charge is 0.493 e. The average molecular weight is 270 g/mol. The molecule has 0 saturated carbocycles. The fourth-order valence-electron chi connectivity index (χ4n) is 1.24. The van der Waals surface area contributed by atoms with Gasteiger partial charge in [0.15, 0.2) is 5.84 Å². The van der Waals surface area contributed by atoms with Crippen LogP contribution in [0.15, 0.2) is 29.4 Å². The summed E-state index contributed by atoms with van der Waals surface area (Å²) in [4.78, 5) is 0. The maximum Gasteiger partial charge on any atom is 0.170 e. The second-order valence-electron chi connectivity index (χ2n) is 3.46. The van der Waals surface area contributed by atoms with Crippen molar-refractivity contribution < 1.29 is 14.7 Å². The van der Waals surface area contributed by atoms with Gasteiger partial charge < -0.3 is 20.4 Å². The molecule has 0 spiro atoms. The van der Waals surface area contributed by atoms with Crippen molar-refractivity contribution in [1.82, 2.24) is 0 Å². The third-order valence-electron chi connectivity index (χ3n) is 2.19. The predicted octanol–water partition coefficient (Wildman–Crippen LogP) is 1.54. The maximum absolute atomic E-state index is 8.52. The summed E-state index contributed by atoms with van der Waals surface area (Å²) >= 11 is 1.79. The standard InChI is InChI=1S/C12H18N2O3S/c1-16-6-8-18-9-7-17-11-4-2-10(3-5-11)12(13)14-15/h2-5,15H,6-9H2,1H3,(H2,13,14). The van der Waals surface area contributed by atoms with Crippen LogP contribution in [0.25, 0.3) is 0 Å². The van der Waals surface area contributed by atoms with E-state index in [9.17, 15) is 0 Å². The first-order valence-corrected chi connectivity index (χ1v) is 6.71. The highest BCUT2D eigenvalue weighted by Crippen LogP contribution is 2.12. The Morgan fingerprint density at radius 1 is 1.28 bits per heavy atom. The van der Waals surface area contributed by atoms with Gasteiger partial charge >= 0.3 is 0 Å². The third-order valence-corrected chi connectivity index (χ3v) is 3.10. The molecular weight excluding hydrogens is 252 g/mol. The van der Waals surface area contributed by atoms with Crippen LogP contribution in [0.4, 0.5) is 0 Å². The molecule has 0 atom stereocenters. The van der Waals surface area contributed by atoms with Crippen LogP contribution < -0.4 is 10.5 Å². The molecule has 0 aliphatic carbocycles. The molecule has 0 fully saturated rings. The highest BCUT2D eigenvalue weighted by molar-refractivity contribution is 7.99. The molecule has 0 saturated heterocycles. The summed E-state index contributed by atoms with van der Waals surface area (Å²) in [5, 5.41) is 11.5. The summed E-state index contributed by atoms with van der Waals surface area (Å²) in [6.45, 7) is 1.41. The SMILES string of the molecule is COCCSCCOc1ccc(/C(N)=N/O)cc1. The minimum absolute atomic E-state index is 0.0941. The smallest absolute Gasteiger partial charge is 0.170 e. The number of ether oxygens (including phenoxy) is 2. The van der Waals surface area contributed by atoms with Crippen LogP contribution in [0.2, 0.25) is 0 Å². The number of amidine groups is 1. The van der Waals surface area contributed by atoms with Gasteiger partial charge in [0.25, 0.3) is 0 Å². The number of thioether (sulfide) groups is 1. The zero-order chi connectivity index (χ0) is 13.2. The fourth-order valence-corrected chi connectivity index (χ4v) is 1.93. The van der Waals surface area contributed by atoms with Crippen LogP contribution in [0.5, 0.6) is 5.75 Å². The molecule has 5 nitrogen and oxygen atoms in total. The van der Waals surface area contributed by atoms with E-state index >= 15 is 0 Å². The second kappa shape index (κ2) is 8.66. The van der Waals surface area contributed by atoms with Crippen molar-refractivity contribution in [3.8, 4) is 5.75 Å². The summed E-state index contributed by atoms with van der Waals surface area (Å²) in [6.07, 6.45) is 0. The van der Waals surface area contributed by atoms with E-state index in [2.05, 4.69) is 5.16 Å². The number of hydrogen-bond acceptors (Lipinski definition) is 5. The van der Waals surface area contributed by atoms with Crippen molar-refractivity contribution in [2.75, 3.05) is 31.8 Å². The lowest BCUT2D eigenvalue weighted by molar-refractivity contribution is 0.218.